The van der Waals surface area contributed by atoms with Crippen LogP contribution in [0.3, 0.4) is 0 Å². The molecule has 2 rings (SSSR count). The van der Waals surface area contributed by atoms with Crippen LogP contribution >= 0.6 is 12.4 Å². The lowest BCUT2D eigenvalue weighted by molar-refractivity contribution is 0.0454. The topological polar surface area (TPSA) is 24.5 Å². The van der Waals surface area contributed by atoms with Crippen molar-refractivity contribution in [1.82, 2.24) is 10.2 Å². The number of hydrogen-bond acceptors (Lipinski definition) is 3. The smallest absolute Gasteiger partial charge is 0.0469 e. The number of nitrogens with one attached hydrogen (secondary N) is 1. The van der Waals surface area contributed by atoms with Crippen LogP contribution in [-0.2, 0) is 4.74 Å². The molecule has 2 aliphatic rings. The Morgan fingerprint density at radius 2 is 1.69 bits per heavy atom. The Hall–Kier alpha value is 0.170. The highest BCUT2D eigenvalue weighted by atomic mass is 35.5. The minimum absolute atomic E-state index is 0. The maximum atomic E-state index is 5.40. The van der Waals surface area contributed by atoms with Crippen LogP contribution < -0.4 is 5.32 Å². The van der Waals surface area contributed by atoms with E-state index in [1.165, 1.54) is 32.5 Å². The van der Waals surface area contributed by atoms with E-state index in [4.69, 9.17) is 4.74 Å². The standard InChI is InChI=1S/C12H24N2O.ClH/c1-10-7-14(8-11(2)13-10)9-12-3-5-15-6-4-12;/h10-13H,3-9H2,1-2H3;1H. The van der Waals surface area contributed by atoms with Gasteiger partial charge in [0.2, 0.25) is 0 Å². The van der Waals surface area contributed by atoms with E-state index in [0.29, 0.717) is 12.1 Å². The van der Waals surface area contributed by atoms with E-state index < -0.39 is 0 Å². The summed E-state index contributed by atoms with van der Waals surface area (Å²) in [6, 6.07) is 1.29. The molecule has 2 aliphatic heterocycles. The van der Waals surface area contributed by atoms with Gasteiger partial charge >= 0.3 is 0 Å². The molecular formula is C12H25ClN2O. The number of halogens is 1. The molecule has 2 heterocycles. The minimum Gasteiger partial charge on any atom is -0.381 e. The molecule has 2 atom stereocenters. The quantitative estimate of drug-likeness (QED) is 0.802. The Bertz CT molecular complexity index is 187. The van der Waals surface area contributed by atoms with Crippen LogP contribution in [-0.4, -0.2) is 49.8 Å². The van der Waals surface area contributed by atoms with Crippen LogP contribution in [0.25, 0.3) is 0 Å². The molecule has 0 aromatic rings. The monoisotopic (exact) mass is 248 g/mol. The van der Waals surface area contributed by atoms with Crippen molar-refractivity contribution >= 4 is 12.4 Å². The molecule has 0 saturated carbocycles. The lowest BCUT2D eigenvalue weighted by Gasteiger charge is -2.38. The number of piperazine rings is 1. The SMILES string of the molecule is CC1CN(CC2CCOCC2)CC(C)N1.Cl. The Balaban J connectivity index is 0.00000128. The van der Waals surface area contributed by atoms with Gasteiger partial charge in [-0.05, 0) is 32.6 Å². The molecule has 96 valence electrons. The van der Waals surface area contributed by atoms with E-state index in [2.05, 4.69) is 24.1 Å². The average Bonchev–Trinajstić information content (AvgIpc) is 2.17. The van der Waals surface area contributed by atoms with Gasteiger partial charge in [0.1, 0.15) is 0 Å². The van der Waals surface area contributed by atoms with Crippen LogP contribution in [0.2, 0.25) is 0 Å². The summed E-state index contributed by atoms with van der Waals surface area (Å²) in [5.41, 5.74) is 0. The first kappa shape index (κ1) is 14.2. The molecule has 4 heteroatoms. The molecule has 0 aliphatic carbocycles. The Kier molecular flexibility index (Phi) is 6.05. The van der Waals surface area contributed by atoms with Gasteiger partial charge in [-0.15, -0.1) is 12.4 Å². The van der Waals surface area contributed by atoms with E-state index in [-0.39, 0.29) is 12.4 Å². The van der Waals surface area contributed by atoms with Crippen LogP contribution in [0, 0.1) is 5.92 Å². The molecule has 3 nitrogen and oxygen atoms in total. The summed E-state index contributed by atoms with van der Waals surface area (Å²) >= 11 is 0. The molecule has 16 heavy (non-hydrogen) atoms. The second-order valence-electron chi connectivity index (χ2n) is 5.24. The van der Waals surface area contributed by atoms with E-state index in [1.54, 1.807) is 0 Å². The van der Waals surface area contributed by atoms with E-state index in [9.17, 15) is 0 Å². The van der Waals surface area contributed by atoms with Crippen molar-refractivity contribution < 1.29 is 4.74 Å². The second kappa shape index (κ2) is 6.80. The molecular weight excluding hydrogens is 224 g/mol. The van der Waals surface area contributed by atoms with Gasteiger partial charge in [0, 0.05) is 44.9 Å². The summed E-state index contributed by atoms with van der Waals surface area (Å²) in [5.74, 6) is 0.872. The Morgan fingerprint density at radius 3 is 2.25 bits per heavy atom. The molecule has 0 aromatic heterocycles. The Morgan fingerprint density at radius 1 is 1.12 bits per heavy atom. The minimum atomic E-state index is 0. The molecule has 2 saturated heterocycles. The van der Waals surface area contributed by atoms with Crippen LogP contribution in [0.4, 0.5) is 0 Å². The lowest BCUT2D eigenvalue weighted by atomic mass is 9.98. The first-order valence-electron chi connectivity index (χ1n) is 6.30. The molecule has 1 N–H and O–H groups in total. The van der Waals surface area contributed by atoms with Crippen LogP contribution in [0.5, 0.6) is 0 Å². The van der Waals surface area contributed by atoms with Gasteiger partial charge in [0.25, 0.3) is 0 Å². The number of nitrogens with zero attached hydrogens (tertiary/aromatic N) is 1. The highest BCUT2D eigenvalue weighted by Gasteiger charge is 2.24. The maximum Gasteiger partial charge on any atom is 0.0469 e. The number of hydrogen-bond donors (Lipinski definition) is 1. The normalized spacial score (nSPS) is 33.4. The zero-order valence-corrected chi connectivity index (χ0v) is 11.3. The zero-order chi connectivity index (χ0) is 10.7. The predicted octanol–water partition coefficient (Wildman–Crippen LogP) is 1.52. The molecule has 0 amide bonds. The fourth-order valence-electron chi connectivity index (χ4n) is 2.88. The van der Waals surface area contributed by atoms with Gasteiger partial charge in [0.15, 0.2) is 0 Å². The molecule has 0 spiro atoms. The van der Waals surface area contributed by atoms with Crippen molar-refractivity contribution in [2.24, 2.45) is 5.92 Å². The van der Waals surface area contributed by atoms with Crippen molar-refractivity contribution in [2.45, 2.75) is 38.8 Å². The highest BCUT2D eigenvalue weighted by molar-refractivity contribution is 5.85. The summed E-state index contributed by atoms with van der Waals surface area (Å²) in [6.45, 7) is 10.2. The van der Waals surface area contributed by atoms with Crippen LogP contribution in [0.1, 0.15) is 26.7 Å². The van der Waals surface area contributed by atoms with Crippen LogP contribution in [0.15, 0.2) is 0 Å². The van der Waals surface area contributed by atoms with Gasteiger partial charge in [-0.25, -0.2) is 0 Å². The van der Waals surface area contributed by atoms with Gasteiger partial charge in [0.05, 0.1) is 0 Å². The van der Waals surface area contributed by atoms with Gasteiger partial charge < -0.3 is 10.1 Å². The maximum absolute atomic E-state index is 5.40. The Labute approximate surface area is 105 Å². The highest BCUT2D eigenvalue weighted by Crippen LogP contribution is 2.17. The predicted molar refractivity (Wildman–Crippen MR) is 69.3 cm³/mol. The van der Waals surface area contributed by atoms with E-state index in [1.807, 2.05) is 0 Å². The van der Waals surface area contributed by atoms with Crippen molar-refractivity contribution in [3.05, 3.63) is 0 Å². The third kappa shape index (κ3) is 4.21. The number of rotatable bonds is 2. The summed E-state index contributed by atoms with van der Waals surface area (Å²) in [4.78, 5) is 2.63. The fraction of sp³-hybridized carbons (Fsp3) is 1.00. The summed E-state index contributed by atoms with van der Waals surface area (Å²) in [5, 5.41) is 3.58. The van der Waals surface area contributed by atoms with Crippen molar-refractivity contribution in [3.63, 3.8) is 0 Å². The largest absolute Gasteiger partial charge is 0.381 e. The third-order valence-corrected chi connectivity index (χ3v) is 3.49. The van der Waals surface area contributed by atoms with Gasteiger partial charge in [-0.2, -0.15) is 0 Å². The van der Waals surface area contributed by atoms with Gasteiger partial charge in [-0.1, -0.05) is 0 Å². The van der Waals surface area contributed by atoms with E-state index >= 15 is 0 Å². The second-order valence-corrected chi connectivity index (χ2v) is 5.24. The molecule has 2 unspecified atom stereocenters. The molecule has 0 aromatic carbocycles. The lowest BCUT2D eigenvalue weighted by Crippen LogP contribution is -2.55. The summed E-state index contributed by atoms with van der Waals surface area (Å²) < 4.78 is 5.40. The third-order valence-electron chi connectivity index (χ3n) is 3.49. The molecule has 0 bridgehead atoms. The average molecular weight is 249 g/mol. The first-order chi connectivity index (χ1) is 7.24. The van der Waals surface area contributed by atoms with Crippen molar-refractivity contribution in [3.8, 4) is 0 Å². The zero-order valence-electron chi connectivity index (χ0n) is 10.4. The fourth-order valence-corrected chi connectivity index (χ4v) is 2.88. The van der Waals surface area contributed by atoms with E-state index in [0.717, 1.165) is 19.1 Å². The summed E-state index contributed by atoms with van der Waals surface area (Å²) in [7, 11) is 0. The number of ether oxygens (including phenoxy) is 1. The molecule has 2 fully saturated rings. The summed E-state index contributed by atoms with van der Waals surface area (Å²) in [6.07, 6.45) is 2.51. The van der Waals surface area contributed by atoms with Crippen molar-refractivity contribution in [2.75, 3.05) is 32.8 Å². The van der Waals surface area contributed by atoms with Crippen molar-refractivity contribution in [1.29, 1.82) is 0 Å². The molecule has 0 radical (unpaired) electrons. The van der Waals surface area contributed by atoms with Gasteiger partial charge in [-0.3, -0.25) is 4.90 Å². The first-order valence-corrected chi connectivity index (χ1v) is 6.30.